The number of carbonyl (C=O) groups excluding carboxylic acids is 2. The van der Waals surface area contributed by atoms with Crippen LogP contribution >= 0.6 is 0 Å². The van der Waals surface area contributed by atoms with Crippen LogP contribution in [0.2, 0.25) is 0 Å². The Labute approximate surface area is 190 Å². The smallest absolute Gasteiger partial charge is 0.265 e. The summed E-state index contributed by atoms with van der Waals surface area (Å²) in [7, 11) is -3.66. The van der Waals surface area contributed by atoms with Crippen LogP contribution in [0.5, 0.6) is 5.75 Å². The molecule has 0 radical (unpaired) electrons. The summed E-state index contributed by atoms with van der Waals surface area (Å²) < 4.78 is 33.2. The van der Waals surface area contributed by atoms with Gasteiger partial charge in [-0.15, -0.1) is 0 Å². The van der Waals surface area contributed by atoms with Gasteiger partial charge in [0.2, 0.25) is 15.9 Å². The van der Waals surface area contributed by atoms with Crippen molar-refractivity contribution >= 4 is 27.5 Å². The maximum atomic E-state index is 13.1. The molecule has 2 amide bonds. The molecule has 0 bridgehead atoms. The summed E-state index contributed by atoms with van der Waals surface area (Å²) in [5.74, 6) is 0.741. The van der Waals surface area contributed by atoms with Gasteiger partial charge in [-0.05, 0) is 49.3 Å². The molecule has 1 saturated heterocycles. The van der Waals surface area contributed by atoms with Crippen LogP contribution in [0, 0.1) is 11.8 Å². The number of nitrogens with zero attached hydrogens (tertiary/aromatic N) is 2. The quantitative estimate of drug-likeness (QED) is 0.724. The van der Waals surface area contributed by atoms with Gasteiger partial charge in [0, 0.05) is 19.1 Å². The summed E-state index contributed by atoms with van der Waals surface area (Å²) in [5, 5.41) is 3.09. The molecule has 32 heavy (non-hydrogen) atoms. The molecule has 3 atom stereocenters. The van der Waals surface area contributed by atoms with Crippen molar-refractivity contribution in [3.05, 3.63) is 18.2 Å². The van der Waals surface area contributed by atoms with Crippen LogP contribution in [0.3, 0.4) is 0 Å². The third-order valence-corrected chi connectivity index (χ3v) is 9.08. The summed E-state index contributed by atoms with van der Waals surface area (Å²) in [4.78, 5) is 26.9. The molecule has 1 saturated carbocycles. The van der Waals surface area contributed by atoms with Crippen molar-refractivity contribution < 1.29 is 22.7 Å². The van der Waals surface area contributed by atoms with E-state index >= 15 is 0 Å². The van der Waals surface area contributed by atoms with Crippen LogP contribution in [-0.2, 0) is 19.6 Å². The van der Waals surface area contributed by atoms with E-state index in [-0.39, 0.29) is 35.9 Å². The average Bonchev–Trinajstić information content (AvgIpc) is 2.79. The number of sulfonamides is 1. The molecule has 2 aliphatic heterocycles. The second kappa shape index (κ2) is 9.39. The fraction of sp³-hybridized carbons (Fsp3) is 0.652. The molecule has 9 heteroatoms. The lowest BCUT2D eigenvalue weighted by molar-refractivity contribution is -0.126. The molecule has 1 aliphatic carbocycles. The number of fused-ring (bicyclic) bond motifs is 1. The van der Waals surface area contributed by atoms with Gasteiger partial charge >= 0.3 is 0 Å². The molecule has 1 aromatic rings. The van der Waals surface area contributed by atoms with E-state index in [2.05, 4.69) is 19.2 Å². The third kappa shape index (κ3) is 4.64. The van der Waals surface area contributed by atoms with Crippen LogP contribution in [0.1, 0.15) is 52.4 Å². The van der Waals surface area contributed by atoms with Crippen LogP contribution in [0.25, 0.3) is 0 Å². The Morgan fingerprint density at radius 3 is 2.62 bits per heavy atom. The number of nitrogens with one attached hydrogen (secondary N) is 1. The van der Waals surface area contributed by atoms with Crippen molar-refractivity contribution in [3.63, 3.8) is 0 Å². The van der Waals surface area contributed by atoms with E-state index in [0.29, 0.717) is 36.4 Å². The molecule has 176 valence electrons. The zero-order valence-electron chi connectivity index (χ0n) is 18.9. The second-order valence-electron chi connectivity index (χ2n) is 9.30. The Morgan fingerprint density at radius 1 is 1.12 bits per heavy atom. The minimum Gasteiger partial charge on any atom is -0.482 e. The molecule has 3 aliphatic rings. The van der Waals surface area contributed by atoms with E-state index in [1.54, 1.807) is 6.07 Å². The Kier molecular flexibility index (Phi) is 6.76. The maximum absolute atomic E-state index is 13.1. The summed E-state index contributed by atoms with van der Waals surface area (Å²) in [6, 6.07) is 4.65. The SMILES string of the molecule is C[C@H]1[C@H](C)CCC[C@H]1NC(=O)CN1C(=O)COc2ccc(S(=O)(=O)N3CCCCC3)cc21. The number of benzene rings is 1. The van der Waals surface area contributed by atoms with Gasteiger partial charge < -0.3 is 10.1 Å². The second-order valence-corrected chi connectivity index (χ2v) is 11.2. The number of amides is 2. The number of hydrogen-bond donors (Lipinski definition) is 1. The Balaban J connectivity index is 1.54. The van der Waals surface area contributed by atoms with Crippen molar-refractivity contribution in [3.8, 4) is 5.75 Å². The van der Waals surface area contributed by atoms with Gasteiger partial charge in [-0.25, -0.2) is 8.42 Å². The predicted octanol–water partition coefficient (Wildman–Crippen LogP) is 2.53. The highest BCUT2D eigenvalue weighted by Crippen LogP contribution is 2.35. The normalized spacial score (nSPS) is 26.9. The van der Waals surface area contributed by atoms with Gasteiger partial charge in [0.1, 0.15) is 12.3 Å². The van der Waals surface area contributed by atoms with Crippen molar-refractivity contribution in [2.75, 3.05) is 31.1 Å². The minimum atomic E-state index is -3.66. The number of rotatable bonds is 5. The minimum absolute atomic E-state index is 0.0904. The van der Waals surface area contributed by atoms with Gasteiger partial charge in [0.15, 0.2) is 6.61 Å². The molecule has 2 heterocycles. The average molecular weight is 464 g/mol. The predicted molar refractivity (Wildman–Crippen MR) is 121 cm³/mol. The highest BCUT2D eigenvalue weighted by atomic mass is 32.2. The van der Waals surface area contributed by atoms with E-state index in [1.165, 1.54) is 21.3 Å². The molecule has 1 aromatic carbocycles. The van der Waals surface area contributed by atoms with Crippen molar-refractivity contribution in [1.29, 1.82) is 0 Å². The van der Waals surface area contributed by atoms with Crippen molar-refractivity contribution in [2.24, 2.45) is 11.8 Å². The molecule has 8 nitrogen and oxygen atoms in total. The van der Waals surface area contributed by atoms with Crippen LogP contribution < -0.4 is 15.0 Å². The van der Waals surface area contributed by atoms with E-state index in [1.807, 2.05) is 0 Å². The molecule has 4 rings (SSSR count). The maximum Gasteiger partial charge on any atom is 0.265 e. The first kappa shape index (κ1) is 23.0. The van der Waals surface area contributed by atoms with Crippen molar-refractivity contribution in [1.82, 2.24) is 9.62 Å². The number of hydrogen-bond acceptors (Lipinski definition) is 5. The Morgan fingerprint density at radius 2 is 1.88 bits per heavy atom. The van der Waals surface area contributed by atoms with Crippen LogP contribution in [-0.4, -0.2) is 56.8 Å². The zero-order chi connectivity index (χ0) is 22.9. The third-order valence-electron chi connectivity index (χ3n) is 7.18. The number of ether oxygens (including phenoxy) is 1. The monoisotopic (exact) mass is 463 g/mol. The van der Waals surface area contributed by atoms with Gasteiger partial charge in [-0.2, -0.15) is 4.31 Å². The molecule has 2 fully saturated rings. The summed E-state index contributed by atoms with van der Waals surface area (Å²) in [6.45, 7) is 5.03. The molecule has 1 N–H and O–H groups in total. The highest BCUT2D eigenvalue weighted by Gasteiger charge is 2.33. The van der Waals surface area contributed by atoms with Gasteiger partial charge in [0.05, 0.1) is 10.6 Å². The first-order chi connectivity index (χ1) is 15.3. The zero-order valence-corrected chi connectivity index (χ0v) is 19.7. The number of anilines is 1. The first-order valence-corrected chi connectivity index (χ1v) is 13.1. The molecule has 0 unspecified atom stereocenters. The highest BCUT2D eigenvalue weighted by molar-refractivity contribution is 7.89. The Hall–Kier alpha value is -2.13. The van der Waals surface area contributed by atoms with Gasteiger partial charge in [-0.3, -0.25) is 14.5 Å². The lowest BCUT2D eigenvalue weighted by atomic mass is 9.78. The fourth-order valence-corrected chi connectivity index (χ4v) is 6.49. The van der Waals surface area contributed by atoms with E-state index in [9.17, 15) is 18.0 Å². The number of piperidine rings is 1. The standard InChI is InChI=1S/C23H33N3O5S/c1-16-7-6-8-19(17(16)2)24-22(27)14-26-20-13-18(9-10-21(20)31-15-23(26)28)32(29,30)25-11-4-3-5-12-25/h9-10,13,16-17,19H,3-8,11-12,14-15H2,1-2H3,(H,24,27)/t16-,17+,19-/m1/s1. The van der Waals surface area contributed by atoms with Gasteiger partial charge in [-0.1, -0.05) is 33.1 Å². The topological polar surface area (TPSA) is 96.0 Å². The Bertz CT molecular complexity index is 974. The van der Waals surface area contributed by atoms with E-state index in [4.69, 9.17) is 4.74 Å². The molecule has 0 aromatic heterocycles. The summed E-state index contributed by atoms with van der Waals surface area (Å²) in [5.41, 5.74) is 0.333. The molecular weight excluding hydrogens is 430 g/mol. The first-order valence-electron chi connectivity index (χ1n) is 11.6. The van der Waals surface area contributed by atoms with Gasteiger partial charge in [0.25, 0.3) is 5.91 Å². The fourth-order valence-electron chi connectivity index (χ4n) is 4.95. The number of carbonyl (C=O) groups is 2. The van der Waals surface area contributed by atoms with E-state index < -0.39 is 10.0 Å². The molecule has 0 spiro atoms. The largest absolute Gasteiger partial charge is 0.482 e. The van der Waals surface area contributed by atoms with Crippen molar-refractivity contribution in [2.45, 2.75) is 63.3 Å². The summed E-state index contributed by atoms with van der Waals surface area (Å²) in [6.07, 6.45) is 5.89. The lowest BCUT2D eigenvalue weighted by Crippen LogP contribution is -2.50. The lowest BCUT2D eigenvalue weighted by Gasteiger charge is -2.35. The summed E-state index contributed by atoms with van der Waals surface area (Å²) >= 11 is 0. The molecular formula is C23H33N3O5S. The van der Waals surface area contributed by atoms with Crippen LogP contribution in [0.15, 0.2) is 23.1 Å². The van der Waals surface area contributed by atoms with Crippen LogP contribution in [0.4, 0.5) is 5.69 Å². The van der Waals surface area contributed by atoms with E-state index in [0.717, 1.165) is 38.5 Å².